The van der Waals surface area contributed by atoms with Crippen LogP contribution in [0.25, 0.3) is 0 Å². The van der Waals surface area contributed by atoms with Crippen LogP contribution in [0.1, 0.15) is 30.4 Å². The summed E-state index contributed by atoms with van der Waals surface area (Å²) in [7, 11) is 2.12. The van der Waals surface area contributed by atoms with Crippen molar-refractivity contribution in [2.75, 3.05) is 11.9 Å². The van der Waals surface area contributed by atoms with Crippen molar-refractivity contribution in [1.82, 2.24) is 0 Å². The summed E-state index contributed by atoms with van der Waals surface area (Å²) in [5, 5.41) is 11.6. The minimum absolute atomic E-state index is 0.400. The van der Waals surface area contributed by atoms with Gasteiger partial charge in [0, 0.05) is 30.1 Å². The third-order valence-corrected chi connectivity index (χ3v) is 4.42. The van der Waals surface area contributed by atoms with Gasteiger partial charge in [-0.3, -0.25) is 0 Å². The Morgan fingerprint density at radius 2 is 1.84 bits per heavy atom. The van der Waals surface area contributed by atoms with E-state index in [1.165, 1.54) is 10.6 Å². The highest BCUT2D eigenvalue weighted by molar-refractivity contribution is 7.09. The summed E-state index contributed by atoms with van der Waals surface area (Å²) in [4.78, 5) is 3.70. The van der Waals surface area contributed by atoms with Gasteiger partial charge >= 0.3 is 0 Å². The number of nitrogens with zero attached hydrogens (tertiary/aromatic N) is 1. The van der Waals surface area contributed by atoms with Gasteiger partial charge in [0.15, 0.2) is 0 Å². The zero-order valence-corrected chi connectivity index (χ0v) is 12.5. The van der Waals surface area contributed by atoms with Gasteiger partial charge in [-0.25, -0.2) is 0 Å². The summed E-state index contributed by atoms with van der Waals surface area (Å²) in [6.45, 7) is 4.03. The maximum absolute atomic E-state index is 9.52. The summed E-state index contributed by atoms with van der Waals surface area (Å²) in [6.07, 6.45) is 0.662. The van der Waals surface area contributed by atoms with Crippen molar-refractivity contribution in [3.05, 3.63) is 52.2 Å². The van der Waals surface area contributed by atoms with E-state index in [0.717, 1.165) is 12.0 Å². The second kappa shape index (κ2) is 6.22. The zero-order chi connectivity index (χ0) is 13.8. The van der Waals surface area contributed by atoms with Crippen molar-refractivity contribution < 1.29 is 5.11 Å². The fraction of sp³-hybridized carbons (Fsp3) is 0.375. The number of benzene rings is 1. The first-order chi connectivity index (χ1) is 9.08. The van der Waals surface area contributed by atoms with Gasteiger partial charge in [0.1, 0.15) is 0 Å². The SMILES string of the molecule is CC(Cc1cccs1)N(C)c1ccc([C@H](C)O)cc1. The van der Waals surface area contributed by atoms with E-state index in [1.807, 2.05) is 23.5 Å². The molecule has 1 unspecified atom stereocenters. The van der Waals surface area contributed by atoms with Gasteiger partial charge in [0.05, 0.1) is 6.10 Å². The molecule has 0 aliphatic rings. The smallest absolute Gasteiger partial charge is 0.0761 e. The summed E-state index contributed by atoms with van der Waals surface area (Å²) in [5.74, 6) is 0. The Hall–Kier alpha value is -1.32. The van der Waals surface area contributed by atoms with Gasteiger partial charge < -0.3 is 10.0 Å². The number of hydrogen-bond acceptors (Lipinski definition) is 3. The maximum atomic E-state index is 9.52. The molecule has 2 aromatic rings. The fourth-order valence-electron chi connectivity index (χ4n) is 2.10. The molecule has 2 rings (SSSR count). The van der Waals surface area contributed by atoms with Gasteiger partial charge in [-0.1, -0.05) is 18.2 Å². The standard InChI is InChI=1S/C16H21NOS/c1-12(11-16-5-4-10-19-16)17(3)15-8-6-14(7-9-15)13(2)18/h4-10,12-13,18H,11H2,1-3H3/t12?,13-/m0/s1. The van der Waals surface area contributed by atoms with Crippen LogP contribution in [0.3, 0.4) is 0 Å². The molecule has 0 aliphatic heterocycles. The van der Waals surface area contributed by atoms with Crippen molar-refractivity contribution >= 4 is 17.0 Å². The van der Waals surface area contributed by atoms with Crippen molar-refractivity contribution in [3.63, 3.8) is 0 Å². The average molecular weight is 275 g/mol. The van der Waals surface area contributed by atoms with Crippen LogP contribution in [0.4, 0.5) is 5.69 Å². The molecule has 1 aromatic heterocycles. The third kappa shape index (κ3) is 3.58. The first-order valence-corrected chi connectivity index (χ1v) is 7.49. The van der Waals surface area contributed by atoms with Crippen LogP contribution in [0.15, 0.2) is 41.8 Å². The molecule has 0 radical (unpaired) electrons. The lowest BCUT2D eigenvalue weighted by atomic mass is 10.1. The second-order valence-electron chi connectivity index (χ2n) is 5.01. The minimum atomic E-state index is -0.400. The second-order valence-corrected chi connectivity index (χ2v) is 6.04. The summed E-state index contributed by atoms with van der Waals surface area (Å²) >= 11 is 1.81. The predicted molar refractivity (Wildman–Crippen MR) is 83.0 cm³/mol. The Bertz CT molecular complexity index is 490. The topological polar surface area (TPSA) is 23.5 Å². The molecular weight excluding hydrogens is 254 g/mol. The first-order valence-electron chi connectivity index (χ1n) is 6.61. The Balaban J connectivity index is 2.04. The first kappa shape index (κ1) is 14.1. The number of thiophene rings is 1. The van der Waals surface area contributed by atoms with Gasteiger partial charge in [-0.2, -0.15) is 0 Å². The quantitative estimate of drug-likeness (QED) is 0.895. The van der Waals surface area contributed by atoms with E-state index in [-0.39, 0.29) is 0 Å². The van der Waals surface area contributed by atoms with Crippen LogP contribution >= 0.6 is 11.3 Å². The van der Waals surface area contributed by atoms with Gasteiger partial charge in [-0.15, -0.1) is 11.3 Å². The molecule has 1 aromatic carbocycles. The van der Waals surface area contributed by atoms with E-state index >= 15 is 0 Å². The van der Waals surface area contributed by atoms with Crippen molar-refractivity contribution in [1.29, 1.82) is 0 Å². The van der Waals surface area contributed by atoms with Gasteiger partial charge in [0.25, 0.3) is 0 Å². The number of aliphatic hydroxyl groups excluding tert-OH is 1. The third-order valence-electron chi connectivity index (χ3n) is 3.52. The average Bonchev–Trinajstić information content (AvgIpc) is 2.90. The van der Waals surface area contributed by atoms with Crippen LogP contribution in [0.2, 0.25) is 0 Å². The molecule has 102 valence electrons. The molecule has 1 N–H and O–H groups in total. The lowest BCUT2D eigenvalue weighted by Crippen LogP contribution is -2.30. The number of hydrogen-bond donors (Lipinski definition) is 1. The Labute approximate surface area is 119 Å². The molecule has 0 spiro atoms. The highest BCUT2D eigenvalue weighted by Gasteiger charge is 2.11. The van der Waals surface area contributed by atoms with E-state index < -0.39 is 6.10 Å². The largest absolute Gasteiger partial charge is 0.389 e. The van der Waals surface area contributed by atoms with Crippen molar-refractivity contribution in [2.24, 2.45) is 0 Å². The van der Waals surface area contributed by atoms with E-state index in [9.17, 15) is 5.11 Å². The summed E-state index contributed by atoms with van der Waals surface area (Å²) in [5.41, 5.74) is 2.15. The predicted octanol–water partition coefficient (Wildman–Crippen LogP) is 3.87. The lowest BCUT2D eigenvalue weighted by molar-refractivity contribution is 0.199. The minimum Gasteiger partial charge on any atom is -0.389 e. The van der Waals surface area contributed by atoms with Crippen LogP contribution in [0, 0.1) is 0 Å². The Morgan fingerprint density at radius 3 is 2.37 bits per heavy atom. The van der Waals surface area contributed by atoms with E-state index in [2.05, 4.69) is 48.5 Å². The Kier molecular flexibility index (Phi) is 4.61. The zero-order valence-electron chi connectivity index (χ0n) is 11.7. The molecule has 0 bridgehead atoms. The molecule has 2 atom stereocenters. The summed E-state index contributed by atoms with van der Waals surface area (Å²) in [6, 6.07) is 12.9. The van der Waals surface area contributed by atoms with E-state index in [4.69, 9.17) is 0 Å². The number of aliphatic hydroxyl groups is 1. The molecule has 3 heteroatoms. The van der Waals surface area contributed by atoms with Gasteiger partial charge in [-0.05, 0) is 43.0 Å². The van der Waals surface area contributed by atoms with Crippen LogP contribution in [-0.4, -0.2) is 18.2 Å². The normalized spacial score (nSPS) is 14.1. The number of anilines is 1. The molecule has 0 saturated heterocycles. The molecule has 0 saturated carbocycles. The number of rotatable bonds is 5. The highest BCUT2D eigenvalue weighted by atomic mass is 32.1. The van der Waals surface area contributed by atoms with Crippen molar-refractivity contribution in [3.8, 4) is 0 Å². The molecule has 19 heavy (non-hydrogen) atoms. The number of likely N-dealkylation sites (N-methyl/N-ethyl adjacent to an activating group) is 1. The summed E-state index contributed by atoms with van der Waals surface area (Å²) < 4.78 is 0. The maximum Gasteiger partial charge on any atom is 0.0761 e. The monoisotopic (exact) mass is 275 g/mol. The molecule has 2 nitrogen and oxygen atoms in total. The molecule has 0 fully saturated rings. The van der Waals surface area contributed by atoms with E-state index in [0.29, 0.717) is 6.04 Å². The Morgan fingerprint density at radius 1 is 1.16 bits per heavy atom. The van der Waals surface area contributed by atoms with Crippen LogP contribution in [-0.2, 0) is 6.42 Å². The van der Waals surface area contributed by atoms with Gasteiger partial charge in [0.2, 0.25) is 0 Å². The van der Waals surface area contributed by atoms with Crippen LogP contribution in [0.5, 0.6) is 0 Å². The van der Waals surface area contributed by atoms with Crippen LogP contribution < -0.4 is 4.90 Å². The lowest BCUT2D eigenvalue weighted by Gasteiger charge is -2.27. The van der Waals surface area contributed by atoms with E-state index in [1.54, 1.807) is 6.92 Å². The fourth-order valence-corrected chi connectivity index (χ4v) is 2.93. The highest BCUT2D eigenvalue weighted by Crippen LogP contribution is 2.21. The van der Waals surface area contributed by atoms with Crippen molar-refractivity contribution in [2.45, 2.75) is 32.4 Å². The molecular formula is C16H21NOS. The molecule has 0 aliphatic carbocycles. The molecule has 0 amide bonds. The molecule has 1 heterocycles.